The van der Waals surface area contributed by atoms with Crippen LogP contribution in [0.5, 0.6) is 0 Å². The van der Waals surface area contributed by atoms with Gasteiger partial charge in [-0.05, 0) is 98.3 Å². The van der Waals surface area contributed by atoms with Crippen molar-refractivity contribution in [3.63, 3.8) is 0 Å². The molecule has 49 heavy (non-hydrogen) atoms. The number of anilines is 2. The lowest BCUT2D eigenvalue weighted by molar-refractivity contribution is -0.115. The van der Waals surface area contributed by atoms with Crippen LogP contribution in [-0.2, 0) is 29.1 Å². The Bertz CT molecular complexity index is 1630. The van der Waals surface area contributed by atoms with Crippen molar-refractivity contribution in [3.8, 4) is 0 Å². The molecule has 0 saturated carbocycles. The van der Waals surface area contributed by atoms with Gasteiger partial charge < -0.3 is 20.3 Å². The zero-order valence-corrected chi connectivity index (χ0v) is 29.3. The molecule has 3 heterocycles. The van der Waals surface area contributed by atoms with Gasteiger partial charge in [-0.25, -0.2) is 0 Å². The Labute approximate surface area is 294 Å². The summed E-state index contributed by atoms with van der Waals surface area (Å²) in [6.45, 7) is 9.18. The highest BCUT2D eigenvalue weighted by Gasteiger charge is 2.23. The van der Waals surface area contributed by atoms with Crippen molar-refractivity contribution in [1.29, 1.82) is 0 Å². The number of likely N-dealkylation sites (tertiary alicyclic amines) is 1. The number of ether oxygens (including phenoxy) is 1. The van der Waals surface area contributed by atoms with Crippen molar-refractivity contribution < 1.29 is 14.3 Å². The van der Waals surface area contributed by atoms with E-state index < -0.39 is 0 Å². The molecule has 3 aromatic carbocycles. The molecule has 4 aromatic rings. The molecule has 2 saturated heterocycles. The zero-order chi connectivity index (χ0) is 33.8. The average Bonchev–Trinajstić information content (AvgIpc) is 3.60. The van der Waals surface area contributed by atoms with Crippen LogP contribution in [0.2, 0.25) is 0 Å². The molecule has 2 aliphatic rings. The Morgan fingerprint density at radius 2 is 1.55 bits per heavy atom. The summed E-state index contributed by atoms with van der Waals surface area (Å²) >= 11 is 1.43. The van der Waals surface area contributed by atoms with Gasteiger partial charge in [0, 0.05) is 38.3 Å². The van der Waals surface area contributed by atoms with Gasteiger partial charge in [0.25, 0.3) is 5.91 Å². The van der Waals surface area contributed by atoms with Crippen molar-refractivity contribution in [1.82, 2.24) is 20.4 Å². The Morgan fingerprint density at radius 3 is 2.31 bits per heavy atom. The summed E-state index contributed by atoms with van der Waals surface area (Å²) in [6, 6.07) is 26.1. The van der Waals surface area contributed by atoms with Crippen LogP contribution in [0.1, 0.15) is 64.7 Å². The van der Waals surface area contributed by atoms with E-state index in [0.29, 0.717) is 42.2 Å². The summed E-state index contributed by atoms with van der Waals surface area (Å²) in [5, 5.41) is 16.0. The molecule has 0 bridgehead atoms. The SMILES string of the molecule is Cc1ccccc1CN1CCC(CNC(=O)c2ccc(COCCC3CCN(c4nnc(NC(=O)Cc5ccccc5)s4)CC3)cc2)CC1. The monoisotopic (exact) mass is 680 g/mol. The number of amides is 2. The van der Waals surface area contributed by atoms with E-state index in [9.17, 15) is 9.59 Å². The van der Waals surface area contributed by atoms with Crippen LogP contribution >= 0.6 is 11.3 Å². The van der Waals surface area contributed by atoms with Crippen LogP contribution in [0.4, 0.5) is 10.3 Å². The third-order valence-corrected chi connectivity index (χ3v) is 10.7. The van der Waals surface area contributed by atoms with Crippen molar-refractivity contribution in [2.24, 2.45) is 11.8 Å². The fourth-order valence-corrected chi connectivity index (χ4v) is 7.47. The van der Waals surface area contributed by atoms with Crippen molar-refractivity contribution in [2.75, 3.05) is 49.5 Å². The first kappa shape index (κ1) is 34.7. The molecule has 2 amide bonds. The topological polar surface area (TPSA) is 99.7 Å². The molecule has 1 aromatic heterocycles. The first-order chi connectivity index (χ1) is 24.0. The van der Waals surface area contributed by atoms with Crippen LogP contribution in [0.3, 0.4) is 0 Å². The molecule has 2 N–H and O–H groups in total. The molecule has 10 heteroatoms. The van der Waals surface area contributed by atoms with Gasteiger partial charge in [0.15, 0.2) is 0 Å². The van der Waals surface area contributed by atoms with E-state index in [1.165, 1.54) is 22.5 Å². The van der Waals surface area contributed by atoms with Gasteiger partial charge in [-0.3, -0.25) is 14.5 Å². The van der Waals surface area contributed by atoms with Gasteiger partial charge in [-0.15, -0.1) is 10.2 Å². The summed E-state index contributed by atoms with van der Waals surface area (Å²) in [7, 11) is 0. The van der Waals surface area contributed by atoms with E-state index >= 15 is 0 Å². The minimum atomic E-state index is -0.0824. The molecule has 9 nitrogen and oxygen atoms in total. The summed E-state index contributed by atoms with van der Waals surface area (Å²) in [5.41, 5.74) is 5.51. The maximum absolute atomic E-state index is 12.8. The number of hydrogen-bond donors (Lipinski definition) is 2. The molecule has 0 spiro atoms. The zero-order valence-electron chi connectivity index (χ0n) is 28.5. The maximum Gasteiger partial charge on any atom is 0.251 e. The van der Waals surface area contributed by atoms with Crippen LogP contribution < -0.4 is 15.5 Å². The second-order valence-electron chi connectivity index (χ2n) is 13.4. The van der Waals surface area contributed by atoms with E-state index in [0.717, 1.165) is 87.6 Å². The molecular formula is C39H48N6O3S. The summed E-state index contributed by atoms with van der Waals surface area (Å²) in [5.74, 6) is 1.05. The molecule has 0 aliphatic carbocycles. The number of aryl methyl sites for hydroxylation is 1. The number of carbonyl (C=O) groups is 2. The van der Waals surface area contributed by atoms with E-state index in [4.69, 9.17) is 4.74 Å². The van der Waals surface area contributed by atoms with Crippen molar-refractivity contribution >= 4 is 33.4 Å². The van der Waals surface area contributed by atoms with Crippen LogP contribution in [0.25, 0.3) is 0 Å². The van der Waals surface area contributed by atoms with E-state index in [1.807, 2.05) is 54.6 Å². The lowest BCUT2D eigenvalue weighted by atomic mass is 9.94. The van der Waals surface area contributed by atoms with E-state index in [2.05, 4.69) is 61.8 Å². The highest BCUT2D eigenvalue weighted by atomic mass is 32.1. The van der Waals surface area contributed by atoms with Gasteiger partial charge in [0.1, 0.15) is 0 Å². The Hall–Kier alpha value is -4.12. The third kappa shape index (κ3) is 10.4. The molecule has 6 rings (SSSR count). The summed E-state index contributed by atoms with van der Waals surface area (Å²) in [4.78, 5) is 30.0. The smallest absolute Gasteiger partial charge is 0.251 e. The average molecular weight is 681 g/mol. The van der Waals surface area contributed by atoms with Crippen LogP contribution in [0.15, 0.2) is 78.9 Å². The fraction of sp³-hybridized carbons (Fsp3) is 0.436. The van der Waals surface area contributed by atoms with Crippen molar-refractivity contribution in [2.45, 2.75) is 58.6 Å². The number of nitrogens with one attached hydrogen (secondary N) is 2. The van der Waals surface area contributed by atoms with Gasteiger partial charge in [-0.1, -0.05) is 78.1 Å². The molecule has 0 radical (unpaired) electrons. The second kappa shape index (κ2) is 17.5. The number of rotatable bonds is 14. The first-order valence-electron chi connectivity index (χ1n) is 17.6. The summed E-state index contributed by atoms with van der Waals surface area (Å²) < 4.78 is 6.02. The second-order valence-corrected chi connectivity index (χ2v) is 14.4. The predicted octanol–water partition coefficient (Wildman–Crippen LogP) is 6.49. The van der Waals surface area contributed by atoms with Crippen molar-refractivity contribution in [3.05, 3.63) is 107 Å². The number of benzene rings is 3. The number of nitrogens with zero attached hydrogens (tertiary/aromatic N) is 4. The minimum absolute atomic E-state index is 0.00119. The number of piperidine rings is 2. The van der Waals surface area contributed by atoms with Gasteiger partial charge in [0.2, 0.25) is 16.2 Å². The fourth-order valence-electron chi connectivity index (χ4n) is 6.66. The third-order valence-electron chi connectivity index (χ3n) is 9.82. The van der Waals surface area contributed by atoms with Gasteiger partial charge in [-0.2, -0.15) is 0 Å². The normalized spacial score (nSPS) is 16.1. The predicted molar refractivity (Wildman–Crippen MR) is 196 cm³/mol. The maximum atomic E-state index is 12.8. The highest BCUT2D eigenvalue weighted by molar-refractivity contribution is 7.19. The lowest BCUT2D eigenvalue weighted by Gasteiger charge is -2.32. The Balaban J connectivity index is 0.826. The number of carbonyl (C=O) groups excluding carboxylic acids is 2. The number of aromatic nitrogens is 2. The van der Waals surface area contributed by atoms with Gasteiger partial charge >= 0.3 is 0 Å². The molecular weight excluding hydrogens is 633 g/mol. The minimum Gasteiger partial charge on any atom is -0.377 e. The van der Waals surface area contributed by atoms with Gasteiger partial charge in [0.05, 0.1) is 13.0 Å². The lowest BCUT2D eigenvalue weighted by Crippen LogP contribution is -2.38. The highest BCUT2D eigenvalue weighted by Crippen LogP contribution is 2.29. The quantitative estimate of drug-likeness (QED) is 0.147. The Kier molecular flexibility index (Phi) is 12.4. The molecule has 0 unspecified atom stereocenters. The molecule has 2 aliphatic heterocycles. The first-order valence-corrected chi connectivity index (χ1v) is 18.4. The molecule has 0 atom stereocenters. The number of hydrogen-bond acceptors (Lipinski definition) is 8. The molecule has 258 valence electrons. The summed E-state index contributed by atoms with van der Waals surface area (Å²) in [6.07, 6.45) is 5.73. The van der Waals surface area contributed by atoms with E-state index in [1.54, 1.807) is 0 Å². The van der Waals surface area contributed by atoms with Crippen LogP contribution in [0, 0.1) is 18.8 Å². The molecule has 2 fully saturated rings. The van der Waals surface area contributed by atoms with E-state index in [-0.39, 0.29) is 11.8 Å². The van der Waals surface area contributed by atoms with Crippen LogP contribution in [-0.4, -0.2) is 66.2 Å². The standard InChI is InChI=1S/C39H48N6O3S/c1-29-7-5-6-10-35(29)27-44-20-15-32(16-21-44)26-40-37(47)34-13-11-33(12-14-34)28-48-24-19-30-17-22-45(23-18-30)39-43-42-38(49-39)41-36(46)25-31-8-3-2-4-9-31/h2-14,30,32H,15-28H2,1H3,(H,40,47)(H,41,42,46). The largest absolute Gasteiger partial charge is 0.377 e. The Morgan fingerprint density at radius 1 is 0.837 bits per heavy atom.